The van der Waals surface area contributed by atoms with Crippen molar-refractivity contribution in [1.82, 2.24) is 5.32 Å². The highest BCUT2D eigenvalue weighted by molar-refractivity contribution is 5.18. The fourth-order valence-corrected chi connectivity index (χ4v) is 1.33. The first-order chi connectivity index (χ1) is 6.99. The van der Waals surface area contributed by atoms with Gasteiger partial charge in [0, 0.05) is 6.54 Å². The van der Waals surface area contributed by atoms with E-state index in [1.165, 1.54) is 0 Å². The molecule has 0 aromatic heterocycles. The molecule has 1 rings (SSSR count). The van der Waals surface area contributed by atoms with Gasteiger partial charge in [-0.15, -0.1) is 0 Å². The molecule has 0 heterocycles. The summed E-state index contributed by atoms with van der Waals surface area (Å²) in [6, 6.07) is 9.49. The smallest absolute Gasteiger partial charge is 0.308 e. The van der Waals surface area contributed by atoms with Gasteiger partial charge in [0.2, 0.25) is 0 Å². The first-order valence-corrected chi connectivity index (χ1v) is 4.81. The van der Waals surface area contributed by atoms with Gasteiger partial charge in [0.1, 0.15) is 0 Å². The van der Waals surface area contributed by atoms with E-state index in [0.717, 1.165) is 5.56 Å². The van der Waals surface area contributed by atoms with Gasteiger partial charge in [0.25, 0.3) is 0 Å². The van der Waals surface area contributed by atoms with Crippen LogP contribution in [0.1, 0.15) is 18.4 Å². The predicted molar refractivity (Wildman–Crippen MR) is 53.8 cm³/mol. The maximum atomic E-state index is 11.8. The first kappa shape index (κ1) is 12.0. The topological polar surface area (TPSA) is 12.0 Å². The summed E-state index contributed by atoms with van der Waals surface area (Å²) in [7, 11) is 0. The molecule has 0 radical (unpaired) electrons. The number of hydrogen-bond donors (Lipinski definition) is 1. The number of benzene rings is 1. The highest BCUT2D eigenvalue weighted by atomic mass is 19.4. The van der Waals surface area contributed by atoms with Crippen molar-refractivity contribution in [1.29, 1.82) is 0 Å². The highest BCUT2D eigenvalue weighted by Gasteiger charge is 2.26. The van der Waals surface area contributed by atoms with Gasteiger partial charge in [0.15, 0.2) is 0 Å². The molecular weight excluding hydrogens is 203 g/mol. The number of nitrogens with one attached hydrogen (secondary N) is 1. The fraction of sp³-hybridized carbons (Fsp3) is 0.455. The summed E-state index contributed by atoms with van der Waals surface area (Å²) in [6.45, 7) is 1.31. The fourth-order valence-electron chi connectivity index (χ4n) is 1.33. The van der Waals surface area contributed by atoms with Crippen LogP contribution in [0.25, 0.3) is 0 Å². The van der Waals surface area contributed by atoms with E-state index in [0.29, 0.717) is 6.54 Å². The average molecular weight is 217 g/mol. The summed E-state index contributed by atoms with van der Waals surface area (Å²) < 4.78 is 35.5. The van der Waals surface area contributed by atoms with Crippen LogP contribution in [-0.2, 0) is 0 Å². The minimum Gasteiger partial charge on any atom is -0.308 e. The molecule has 1 nitrogen and oxygen atoms in total. The van der Waals surface area contributed by atoms with Crippen LogP contribution in [0.2, 0.25) is 0 Å². The van der Waals surface area contributed by atoms with Gasteiger partial charge >= 0.3 is 6.18 Å². The maximum absolute atomic E-state index is 11.8. The van der Waals surface area contributed by atoms with Gasteiger partial charge in [-0.1, -0.05) is 37.3 Å². The summed E-state index contributed by atoms with van der Waals surface area (Å²) in [5.74, 6) is 0.0912. The molecule has 0 aliphatic rings. The molecule has 15 heavy (non-hydrogen) atoms. The molecule has 0 saturated heterocycles. The van der Waals surface area contributed by atoms with E-state index in [4.69, 9.17) is 0 Å². The monoisotopic (exact) mass is 217 g/mol. The molecule has 4 heteroatoms. The second kappa shape index (κ2) is 5.16. The van der Waals surface area contributed by atoms with Crippen molar-refractivity contribution in [3.8, 4) is 0 Å². The van der Waals surface area contributed by atoms with Crippen molar-refractivity contribution < 1.29 is 13.2 Å². The van der Waals surface area contributed by atoms with Crippen molar-refractivity contribution >= 4 is 0 Å². The van der Waals surface area contributed by atoms with Gasteiger partial charge in [-0.3, -0.25) is 0 Å². The van der Waals surface area contributed by atoms with Crippen LogP contribution in [0, 0.1) is 0 Å². The molecule has 0 fully saturated rings. The molecule has 0 amide bonds. The van der Waals surface area contributed by atoms with E-state index >= 15 is 0 Å². The Labute approximate surface area is 87.3 Å². The molecular formula is C11H14F3N. The number of alkyl halides is 3. The van der Waals surface area contributed by atoms with Crippen LogP contribution in [0.5, 0.6) is 0 Å². The SMILES string of the molecule is CC(CNCC(F)(F)F)c1ccccc1. The largest absolute Gasteiger partial charge is 0.401 e. The molecule has 1 aromatic carbocycles. The zero-order chi connectivity index (χ0) is 11.3. The Kier molecular flexibility index (Phi) is 4.15. The molecule has 0 aliphatic heterocycles. The van der Waals surface area contributed by atoms with E-state index in [9.17, 15) is 13.2 Å². The summed E-state index contributed by atoms with van der Waals surface area (Å²) in [6.07, 6.45) is -4.13. The Bertz CT molecular complexity index is 282. The number of hydrogen-bond acceptors (Lipinski definition) is 1. The summed E-state index contributed by atoms with van der Waals surface area (Å²) in [5.41, 5.74) is 1.05. The van der Waals surface area contributed by atoms with E-state index in [-0.39, 0.29) is 5.92 Å². The van der Waals surface area contributed by atoms with Crippen LogP contribution in [0.4, 0.5) is 13.2 Å². The van der Waals surface area contributed by atoms with Crippen LogP contribution in [0.3, 0.4) is 0 Å². The summed E-state index contributed by atoms with van der Waals surface area (Å²) in [5, 5.41) is 2.40. The zero-order valence-electron chi connectivity index (χ0n) is 8.51. The van der Waals surface area contributed by atoms with E-state index in [2.05, 4.69) is 5.32 Å². The van der Waals surface area contributed by atoms with E-state index in [1.54, 1.807) is 0 Å². The van der Waals surface area contributed by atoms with Crippen LogP contribution in [0.15, 0.2) is 30.3 Å². The lowest BCUT2D eigenvalue weighted by Crippen LogP contribution is -2.31. The van der Waals surface area contributed by atoms with Crippen LogP contribution < -0.4 is 5.32 Å². The summed E-state index contributed by atoms with van der Waals surface area (Å²) in [4.78, 5) is 0. The molecule has 1 atom stereocenters. The minimum absolute atomic E-state index is 0.0912. The third kappa shape index (κ3) is 4.83. The van der Waals surface area contributed by atoms with E-state index in [1.807, 2.05) is 37.3 Å². The van der Waals surface area contributed by atoms with Gasteiger partial charge in [-0.05, 0) is 11.5 Å². The molecule has 0 saturated carbocycles. The highest BCUT2D eigenvalue weighted by Crippen LogP contribution is 2.15. The lowest BCUT2D eigenvalue weighted by molar-refractivity contribution is -0.124. The molecule has 1 aromatic rings. The van der Waals surface area contributed by atoms with Gasteiger partial charge in [0.05, 0.1) is 6.54 Å². The number of halogens is 3. The Morgan fingerprint density at radius 3 is 2.33 bits per heavy atom. The Morgan fingerprint density at radius 2 is 1.80 bits per heavy atom. The lowest BCUT2D eigenvalue weighted by Gasteiger charge is -2.14. The maximum Gasteiger partial charge on any atom is 0.401 e. The average Bonchev–Trinajstić information content (AvgIpc) is 2.17. The third-order valence-electron chi connectivity index (χ3n) is 2.14. The Balaban J connectivity index is 2.34. The molecule has 0 aliphatic carbocycles. The zero-order valence-corrected chi connectivity index (χ0v) is 8.51. The van der Waals surface area contributed by atoms with Gasteiger partial charge in [-0.2, -0.15) is 13.2 Å². The normalized spacial score (nSPS) is 13.9. The number of rotatable bonds is 4. The standard InChI is InChI=1S/C11H14F3N/c1-9(7-15-8-11(12,13)14)10-5-3-2-4-6-10/h2-6,9,15H,7-8H2,1H3. The van der Waals surface area contributed by atoms with Crippen molar-refractivity contribution in [2.75, 3.05) is 13.1 Å². The Hall–Kier alpha value is -1.03. The van der Waals surface area contributed by atoms with Crippen molar-refractivity contribution in [3.05, 3.63) is 35.9 Å². The van der Waals surface area contributed by atoms with Gasteiger partial charge < -0.3 is 5.32 Å². The third-order valence-corrected chi connectivity index (χ3v) is 2.14. The quantitative estimate of drug-likeness (QED) is 0.817. The van der Waals surface area contributed by atoms with Gasteiger partial charge in [-0.25, -0.2) is 0 Å². The van der Waals surface area contributed by atoms with Crippen molar-refractivity contribution in [3.63, 3.8) is 0 Å². The molecule has 0 bridgehead atoms. The lowest BCUT2D eigenvalue weighted by atomic mass is 10.0. The van der Waals surface area contributed by atoms with Crippen molar-refractivity contribution in [2.24, 2.45) is 0 Å². The second-order valence-electron chi connectivity index (χ2n) is 3.56. The minimum atomic E-state index is -4.13. The van der Waals surface area contributed by atoms with E-state index < -0.39 is 12.7 Å². The molecule has 84 valence electrons. The van der Waals surface area contributed by atoms with Crippen LogP contribution in [-0.4, -0.2) is 19.3 Å². The van der Waals surface area contributed by atoms with Crippen LogP contribution >= 0.6 is 0 Å². The predicted octanol–water partition coefficient (Wildman–Crippen LogP) is 2.94. The molecule has 0 spiro atoms. The second-order valence-corrected chi connectivity index (χ2v) is 3.56. The summed E-state index contributed by atoms with van der Waals surface area (Å²) >= 11 is 0. The van der Waals surface area contributed by atoms with Crippen molar-refractivity contribution in [2.45, 2.75) is 19.0 Å². The first-order valence-electron chi connectivity index (χ1n) is 4.81. The molecule has 1 unspecified atom stereocenters. The molecule has 1 N–H and O–H groups in total. The Morgan fingerprint density at radius 1 is 1.20 bits per heavy atom.